The molecule has 0 unspecified atom stereocenters. The molecule has 1 heterocycles. The van der Waals surface area contributed by atoms with Crippen LogP contribution in [0, 0.1) is 0 Å². The second kappa shape index (κ2) is 4.48. The highest BCUT2D eigenvalue weighted by Crippen LogP contribution is 2.24. The standard InChI is InChI=1S/C15H19N3/c1-11(2)18-10-15(9-16-18)17-14-7-12-5-3-4-6-13(12)8-14/h3-6,9-11,14,17H,7-8H2,1-2H3. The molecular weight excluding hydrogens is 222 g/mol. The molecule has 0 spiro atoms. The number of fused-ring (bicyclic) bond motifs is 1. The van der Waals surface area contributed by atoms with E-state index < -0.39 is 0 Å². The van der Waals surface area contributed by atoms with Gasteiger partial charge < -0.3 is 5.32 Å². The summed E-state index contributed by atoms with van der Waals surface area (Å²) in [7, 11) is 0. The smallest absolute Gasteiger partial charge is 0.0728 e. The summed E-state index contributed by atoms with van der Waals surface area (Å²) in [6, 6.07) is 9.63. The first-order chi connectivity index (χ1) is 8.72. The number of hydrogen-bond donors (Lipinski definition) is 1. The van der Waals surface area contributed by atoms with Crippen LogP contribution in [0.4, 0.5) is 5.69 Å². The average molecular weight is 241 g/mol. The Labute approximate surface area is 108 Å². The van der Waals surface area contributed by atoms with Crippen molar-refractivity contribution in [2.75, 3.05) is 5.32 Å². The third kappa shape index (κ3) is 2.13. The minimum atomic E-state index is 0.418. The van der Waals surface area contributed by atoms with Crippen molar-refractivity contribution < 1.29 is 0 Å². The Morgan fingerprint density at radius 1 is 1.22 bits per heavy atom. The van der Waals surface area contributed by atoms with Crippen molar-refractivity contribution >= 4 is 5.69 Å². The molecule has 1 aliphatic carbocycles. The van der Waals surface area contributed by atoms with Crippen LogP contribution >= 0.6 is 0 Å². The summed E-state index contributed by atoms with van der Waals surface area (Å²) in [6.45, 7) is 4.28. The van der Waals surface area contributed by atoms with Crippen LogP contribution in [0.2, 0.25) is 0 Å². The predicted molar refractivity (Wildman–Crippen MR) is 73.9 cm³/mol. The van der Waals surface area contributed by atoms with Crippen molar-refractivity contribution in [2.24, 2.45) is 0 Å². The molecule has 0 bridgehead atoms. The average Bonchev–Trinajstić information content (AvgIpc) is 2.94. The number of benzene rings is 1. The lowest BCUT2D eigenvalue weighted by molar-refractivity contribution is 0.532. The Morgan fingerprint density at radius 2 is 1.89 bits per heavy atom. The van der Waals surface area contributed by atoms with Crippen LogP contribution in [0.25, 0.3) is 0 Å². The Morgan fingerprint density at radius 3 is 2.44 bits per heavy atom. The van der Waals surface area contributed by atoms with Gasteiger partial charge in [0, 0.05) is 18.3 Å². The summed E-state index contributed by atoms with van der Waals surface area (Å²) in [4.78, 5) is 0. The molecule has 1 N–H and O–H groups in total. The van der Waals surface area contributed by atoms with Gasteiger partial charge in [-0.05, 0) is 37.8 Å². The zero-order valence-electron chi connectivity index (χ0n) is 10.9. The lowest BCUT2D eigenvalue weighted by Gasteiger charge is -2.11. The highest BCUT2D eigenvalue weighted by Gasteiger charge is 2.20. The van der Waals surface area contributed by atoms with Crippen LogP contribution in [-0.2, 0) is 12.8 Å². The van der Waals surface area contributed by atoms with Crippen LogP contribution < -0.4 is 5.32 Å². The molecule has 3 nitrogen and oxygen atoms in total. The van der Waals surface area contributed by atoms with Crippen molar-refractivity contribution in [2.45, 2.75) is 38.8 Å². The van der Waals surface area contributed by atoms with Gasteiger partial charge in [-0.1, -0.05) is 24.3 Å². The summed E-state index contributed by atoms with van der Waals surface area (Å²) in [5, 5.41) is 7.94. The molecule has 1 aromatic carbocycles. The predicted octanol–water partition coefficient (Wildman–Crippen LogP) is 3.04. The maximum Gasteiger partial charge on any atom is 0.0728 e. The quantitative estimate of drug-likeness (QED) is 0.895. The normalized spacial score (nSPS) is 15.1. The van der Waals surface area contributed by atoms with Gasteiger partial charge in [0.25, 0.3) is 0 Å². The molecule has 1 aromatic heterocycles. The van der Waals surface area contributed by atoms with E-state index in [0.29, 0.717) is 12.1 Å². The fourth-order valence-electron chi connectivity index (χ4n) is 2.59. The molecule has 3 heteroatoms. The molecule has 0 radical (unpaired) electrons. The van der Waals surface area contributed by atoms with E-state index in [4.69, 9.17) is 0 Å². The first-order valence-corrected chi connectivity index (χ1v) is 6.60. The zero-order chi connectivity index (χ0) is 12.5. The van der Waals surface area contributed by atoms with E-state index in [2.05, 4.69) is 54.7 Å². The molecule has 2 aromatic rings. The molecular formula is C15H19N3. The van der Waals surface area contributed by atoms with Crippen LogP contribution in [0.15, 0.2) is 36.7 Å². The van der Waals surface area contributed by atoms with E-state index in [1.54, 1.807) is 0 Å². The van der Waals surface area contributed by atoms with Gasteiger partial charge in [0.1, 0.15) is 0 Å². The Kier molecular flexibility index (Phi) is 2.82. The third-order valence-corrected chi connectivity index (χ3v) is 3.55. The topological polar surface area (TPSA) is 29.9 Å². The van der Waals surface area contributed by atoms with Crippen molar-refractivity contribution in [3.63, 3.8) is 0 Å². The van der Waals surface area contributed by atoms with Crippen molar-refractivity contribution in [1.29, 1.82) is 0 Å². The highest BCUT2D eigenvalue weighted by atomic mass is 15.3. The third-order valence-electron chi connectivity index (χ3n) is 3.55. The van der Waals surface area contributed by atoms with Crippen LogP contribution in [0.5, 0.6) is 0 Å². The fraction of sp³-hybridized carbons (Fsp3) is 0.400. The number of rotatable bonds is 3. The number of nitrogens with zero attached hydrogens (tertiary/aromatic N) is 2. The minimum Gasteiger partial charge on any atom is -0.379 e. The molecule has 18 heavy (non-hydrogen) atoms. The molecule has 3 rings (SSSR count). The van der Waals surface area contributed by atoms with Gasteiger partial charge in [-0.3, -0.25) is 4.68 Å². The molecule has 1 aliphatic rings. The lowest BCUT2D eigenvalue weighted by atomic mass is 10.1. The van der Waals surface area contributed by atoms with Crippen molar-refractivity contribution in [1.82, 2.24) is 9.78 Å². The maximum atomic E-state index is 4.36. The Hall–Kier alpha value is -1.77. The summed E-state index contributed by atoms with van der Waals surface area (Å²) >= 11 is 0. The molecule has 0 atom stereocenters. The second-order valence-corrected chi connectivity index (χ2v) is 5.32. The number of aromatic nitrogens is 2. The summed E-state index contributed by atoms with van der Waals surface area (Å²) in [6.07, 6.45) is 6.24. The molecule has 94 valence electrons. The molecule has 0 amide bonds. The van der Waals surface area contributed by atoms with Crippen molar-refractivity contribution in [3.05, 3.63) is 47.8 Å². The zero-order valence-corrected chi connectivity index (χ0v) is 10.9. The van der Waals surface area contributed by atoms with Crippen LogP contribution in [0.1, 0.15) is 31.0 Å². The highest BCUT2D eigenvalue weighted by molar-refractivity contribution is 5.43. The minimum absolute atomic E-state index is 0.418. The first-order valence-electron chi connectivity index (χ1n) is 6.60. The number of nitrogens with one attached hydrogen (secondary N) is 1. The van der Waals surface area contributed by atoms with Gasteiger partial charge in [0.05, 0.1) is 11.9 Å². The largest absolute Gasteiger partial charge is 0.379 e. The monoisotopic (exact) mass is 241 g/mol. The first kappa shape index (κ1) is 11.3. The molecule has 0 saturated carbocycles. The van der Waals surface area contributed by atoms with Gasteiger partial charge in [0.15, 0.2) is 0 Å². The van der Waals surface area contributed by atoms with Gasteiger partial charge in [-0.25, -0.2) is 0 Å². The number of anilines is 1. The SMILES string of the molecule is CC(C)n1cc(NC2Cc3ccccc3C2)cn1. The van der Waals surface area contributed by atoms with E-state index in [1.165, 1.54) is 11.1 Å². The molecule has 0 saturated heterocycles. The van der Waals surface area contributed by atoms with E-state index in [0.717, 1.165) is 18.5 Å². The van der Waals surface area contributed by atoms with E-state index in [9.17, 15) is 0 Å². The Bertz CT molecular complexity index is 517. The Balaban J connectivity index is 1.68. The van der Waals surface area contributed by atoms with Gasteiger partial charge in [-0.2, -0.15) is 5.10 Å². The van der Waals surface area contributed by atoms with Crippen molar-refractivity contribution in [3.8, 4) is 0 Å². The van der Waals surface area contributed by atoms with Gasteiger partial charge in [-0.15, -0.1) is 0 Å². The van der Waals surface area contributed by atoms with Gasteiger partial charge >= 0.3 is 0 Å². The lowest BCUT2D eigenvalue weighted by Crippen LogP contribution is -2.19. The number of hydrogen-bond acceptors (Lipinski definition) is 2. The molecule has 0 aliphatic heterocycles. The summed E-state index contributed by atoms with van der Waals surface area (Å²) < 4.78 is 1.99. The van der Waals surface area contributed by atoms with Crippen LogP contribution in [-0.4, -0.2) is 15.8 Å². The fourth-order valence-corrected chi connectivity index (χ4v) is 2.59. The van der Waals surface area contributed by atoms with E-state index in [-0.39, 0.29) is 0 Å². The molecule has 0 fully saturated rings. The van der Waals surface area contributed by atoms with E-state index in [1.807, 2.05) is 10.9 Å². The summed E-state index contributed by atoms with van der Waals surface area (Å²) in [5.41, 5.74) is 4.08. The summed E-state index contributed by atoms with van der Waals surface area (Å²) in [5.74, 6) is 0. The van der Waals surface area contributed by atoms with Gasteiger partial charge in [0.2, 0.25) is 0 Å². The maximum absolute atomic E-state index is 4.36. The van der Waals surface area contributed by atoms with Crippen LogP contribution in [0.3, 0.4) is 0 Å². The second-order valence-electron chi connectivity index (χ2n) is 5.32. The van der Waals surface area contributed by atoms with E-state index >= 15 is 0 Å².